The second kappa shape index (κ2) is 9.17. The van der Waals surface area contributed by atoms with Gasteiger partial charge in [0.15, 0.2) is 0 Å². The van der Waals surface area contributed by atoms with Gasteiger partial charge in [-0.3, -0.25) is 4.79 Å². The Morgan fingerprint density at radius 3 is 2.41 bits per heavy atom. The first kappa shape index (κ1) is 20.3. The second-order valence-corrected chi connectivity index (χ2v) is 9.58. The molecule has 1 heterocycles. The molecule has 1 aromatic rings. The van der Waals surface area contributed by atoms with Gasteiger partial charge in [0.1, 0.15) is 6.04 Å². The van der Waals surface area contributed by atoms with Crippen molar-refractivity contribution in [3.8, 4) is 0 Å². The zero-order valence-electron chi connectivity index (χ0n) is 15.8. The number of nitrogens with two attached hydrogens (primary N) is 1. The molecule has 3 rings (SSSR count). The summed E-state index contributed by atoms with van der Waals surface area (Å²) in [6, 6.07) is 7.66. The lowest BCUT2D eigenvalue weighted by Crippen LogP contribution is -2.56. The Hall–Kier alpha value is -1.44. The predicted molar refractivity (Wildman–Crippen MR) is 106 cm³/mol. The van der Waals surface area contributed by atoms with Crippen LogP contribution in [0, 0.1) is 5.92 Å². The number of carbonyl (C=O) groups is 1. The van der Waals surface area contributed by atoms with Gasteiger partial charge in [0, 0.05) is 19.1 Å². The van der Waals surface area contributed by atoms with E-state index in [9.17, 15) is 13.2 Å². The Kier molecular flexibility index (Phi) is 6.89. The molecule has 2 unspecified atom stereocenters. The van der Waals surface area contributed by atoms with Gasteiger partial charge in [-0.05, 0) is 43.7 Å². The van der Waals surface area contributed by atoms with Gasteiger partial charge in [-0.2, -0.15) is 4.31 Å². The summed E-state index contributed by atoms with van der Waals surface area (Å²) in [4.78, 5) is 13.3. The molecule has 0 radical (unpaired) electrons. The van der Waals surface area contributed by atoms with Crippen LogP contribution in [0.15, 0.2) is 35.2 Å². The number of amides is 1. The van der Waals surface area contributed by atoms with Crippen LogP contribution >= 0.6 is 0 Å². The molecule has 7 heteroatoms. The molecular formula is C20H31N3O3S. The van der Waals surface area contributed by atoms with Crippen molar-refractivity contribution in [1.29, 1.82) is 0 Å². The summed E-state index contributed by atoms with van der Waals surface area (Å²) >= 11 is 0. The average Bonchev–Trinajstić information content (AvgIpc) is 2.73. The fraction of sp³-hybridized carbons (Fsp3) is 0.650. The molecule has 0 bridgehead atoms. The van der Waals surface area contributed by atoms with Gasteiger partial charge < -0.3 is 11.1 Å². The molecule has 0 aromatic heterocycles. The maximum absolute atomic E-state index is 13.1. The van der Waals surface area contributed by atoms with Crippen LogP contribution in [0.2, 0.25) is 0 Å². The molecule has 3 N–H and O–H groups in total. The van der Waals surface area contributed by atoms with E-state index >= 15 is 0 Å². The van der Waals surface area contributed by atoms with Crippen LogP contribution in [0.4, 0.5) is 0 Å². The van der Waals surface area contributed by atoms with E-state index in [1.54, 1.807) is 30.3 Å². The molecule has 1 amide bonds. The van der Waals surface area contributed by atoms with Crippen molar-refractivity contribution in [2.45, 2.75) is 68.3 Å². The third-order valence-electron chi connectivity index (χ3n) is 5.91. The maximum Gasteiger partial charge on any atom is 0.243 e. The standard InChI is InChI=1S/C20H31N3O3S/c21-15-18(16-9-3-1-4-10-16)22-20(24)19-13-7-8-14-23(19)27(25,26)17-11-5-2-6-12-17/h2,5-6,11-12,16,18-19H,1,3-4,7-10,13-15,21H2,(H,22,24). The highest BCUT2D eigenvalue weighted by atomic mass is 32.2. The van der Waals surface area contributed by atoms with Crippen molar-refractivity contribution < 1.29 is 13.2 Å². The number of piperidine rings is 1. The van der Waals surface area contributed by atoms with Crippen molar-refractivity contribution in [3.05, 3.63) is 30.3 Å². The number of hydrogen-bond acceptors (Lipinski definition) is 4. The minimum absolute atomic E-state index is 0.0685. The molecule has 150 valence electrons. The predicted octanol–water partition coefficient (Wildman–Crippen LogP) is 2.25. The van der Waals surface area contributed by atoms with E-state index in [0.29, 0.717) is 25.4 Å². The van der Waals surface area contributed by atoms with E-state index in [-0.39, 0.29) is 16.8 Å². The normalized spacial score (nSPS) is 23.7. The first-order valence-electron chi connectivity index (χ1n) is 10.1. The molecule has 2 fully saturated rings. The molecule has 27 heavy (non-hydrogen) atoms. The number of nitrogens with one attached hydrogen (secondary N) is 1. The van der Waals surface area contributed by atoms with Crippen LogP contribution in [-0.2, 0) is 14.8 Å². The van der Waals surface area contributed by atoms with Gasteiger partial charge in [0.2, 0.25) is 15.9 Å². The lowest BCUT2D eigenvalue weighted by molar-refractivity contribution is -0.126. The van der Waals surface area contributed by atoms with E-state index < -0.39 is 16.1 Å². The van der Waals surface area contributed by atoms with E-state index in [4.69, 9.17) is 5.73 Å². The Morgan fingerprint density at radius 2 is 1.74 bits per heavy atom. The summed E-state index contributed by atoms with van der Waals surface area (Å²) in [5.41, 5.74) is 5.95. The van der Waals surface area contributed by atoms with Crippen LogP contribution in [0.1, 0.15) is 51.4 Å². The fourth-order valence-electron chi connectivity index (χ4n) is 4.37. The van der Waals surface area contributed by atoms with Crippen LogP contribution in [0.3, 0.4) is 0 Å². The zero-order valence-corrected chi connectivity index (χ0v) is 16.7. The Bertz CT molecular complexity index is 717. The van der Waals surface area contributed by atoms with Crippen LogP contribution in [-0.4, -0.2) is 43.8 Å². The van der Waals surface area contributed by atoms with Crippen molar-refractivity contribution in [2.24, 2.45) is 11.7 Å². The minimum atomic E-state index is -3.68. The van der Waals surface area contributed by atoms with Gasteiger partial charge in [-0.25, -0.2) is 8.42 Å². The molecule has 1 aliphatic heterocycles. The molecular weight excluding hydrogens is 362 g/mol. The van der Waals surface area contributed by atoms with Crippen molar-refractivity contribution in [2.75, 3.05) is 13.1 Å². The quantitative estimate of drug-likeness (QED) is 0.775. The van der Waals surface area contributed by atoms with E-state index in [1.165, 1.54) is 23.6 Å². The van der Waals surface area contributed by atoms with E-state index in [2.05, 4.69) is 5.32 Å². The SMILES string of the molecule is NCC(NC(=O)C1CCCCN1S(=O)(=O)c1ccccc1)C1CCCCC1. The minimum Gasteiger partial charge on any atom is -0.350 e. The van der Waals surface area contributed by atoms with Gasteiger partial charge in [0.05, 0.1) is 4.90 Å². The Balaban J connectivity index is 1.75. The van der Waals surface area contributed by atoms with Crippen LogP contribution in [0.25, 0.3) is 0 Å². The molecule has 2 aliphatic rings. The lowest BCUT2D eigenvalue weighted by atomic mass is 9.83. The summed E-state index contributed by atoms with van der Waals surface area (Å²) in [5.74, 6) is 0.200. The van der Waals surface area contributed by atoms with Crippen LogP contribution in [0.5, 0.6) is 0 Å². The summed E-state index contributed by atoms with van der Waals surface area (Å²) in [6.07, 6.45) is 7.95. The highest BCUT2D eigenvalue weighted by Gasteiger charge is 2.38. The number of hydrogen-bond donors (Lipinski definition) is 2. The largest absolute Gasteiger partial charge is 0.350 e. The fourth-order valence-corrected chi connectivity index (χ4v) is 6.04. The molecule has 1 saturated heterocycles. The number of benzene rings is 1. The first-order chi connectivity index (χ1) is 13.0. The molecule has 6 nitrogen and oxygen atoms in total. The van der Waals surface area contributed by atoms with Crippen molar-refractivity contribution in [1.82, 2.24) is 9.62 Å². The topological polar surface area (TPSA) is 92.5 Å². The molecule has 1 saturated carbocycles. The third-order valence-corrected chi connectivity index (χ3v) is 7.83. The van der Waals surface area contributed by atoms with Gasteiger partial charge in [0.25, 0.3) is 0 Å². The molecule has 2 atom stereocenters. The first-order valence-corrected chi connectivity index (χ1v) is 11.6. The van der Waals surface area contributed by atoms with Gasteiger partial charge >= 0.3 is 0 Å². The lowest BCUT2D eigenvalue weighted by Gasteiger charge is -2.36. The van der Waals surface area contributed by atoms with Gasteiger partial charge in [-0.1, -0.05) is 43.9 Å². The van der Waals surface area contributed by atoms with E-state index in [1.807, 2.05) is 0 Å². The molecule has 0 spiro atoms. The van der Waals surface area contributed by atoms with E-state index in [0.717, 1.165) is 25.7 Å². The average molecular weight is 394 g/mol. The Morgan fingerprint density at radius 1 is 1.07 bits per heavy atom. The zero-order chi connectivity index (χ0) is 19.3. The summed E-state index contributed by atoms with van der Waals surface area (Å²) in [5, 5.41) is 3.09. The monoisotopic (exact) mass is 393 g/mol. The van der Waals surface area contributed by atoms with Crippen molar-refractivity contribution >= 4 is 15.9 Å². The Labute approximate surface area is 162 Å². The second-order valence-electron chi connectivity index (χ2n) is 7.69. The van der Waals surface area contributed by atoms with Gasteiger partial charge in [-0.15, -0.1) is 0 Å². The highest BCUT2D eigenvalue weighted by Crippen LogP contribution is 2.28. The smallest absolute Gasteiger partial charge is 0.243 e. The molecule has 1 aliphatic carbocycles. The number of carbonyl (C=O) groups excluding carboxylic acids is 1. The summed E-state index contributed by atoms with van der Waals surface area (Å²) in [6.45, 7) is 0.778. The van der Waals surface area contributed by atoms with Crippen molar-refractivity contribution in [3.63, 3.8) is 0 Å². The molecule has 1 aromatic carbocycles. The maximum atomic E-state index is 13.1. The third kappa shape index (κ3) is 4.70. The summed E-state index contributed by atoms with van der Waals surface area (Å²) in [7, 11) is -3.68. The number of sulfonamides is 1. The van der Waals surface area contributed by atoms with Crippen LogP contribution < -0.4 is 11.1 Å². The number of rotatable bonds is 6. The highest BCUT2D eigenvalue weighted by molar-refractivity contribution is 7.89. The number of nitrogens with zero attached hydrogens (tertiary/aromatic N) is 1. The summed E-state index contributed by atoms with van der Waals surface area (Å²) < 4.78 is 27.5.